The van der Waals surface area contributed by atoms with Gasteiger partial charge in [0.25, 0.3) is 0 Å². The summed E-state index contributed by atoms with van der Waals surface area (Å²) in [4.78, 5) is 0. The van der Waals surface area contributed by atoms with Crippen LogP contribution in [0.5, 0.6) is 0 Å². The van der Waals surface area contributed by atoms with Crippen LogP contribution in [0.25, 0.3) is 11.3 Å². The van der Waals surface area contributed by atoms with Crippen molar-refractivity contribution in [3.63, 3.8) is 0 Å². The second-order valence-corrected chi connectivity index (χ2v) is 3.13. The van der Waals surface area contributed by atoms with Crippen LogP contribution in [0.4, 0.5) is 0 Å². The van der Waals surface area contributed by atoms with Crippen LogP contribution in [-0.4, -0.2) is 5.16 Å². The highest BCUT2D eigenvalue weighted by molar-refractivity contribution is 7.33. The van der Waals surface area contributed by atoms with E-state index in [1.165, 1.54) is 0 Å². The lowest BCUT2D eigenvalue weighted by Crippen LogP contribution is -1.79. The van der Waals surface area contributed by atoms with Crippen molar-refractivity contribution in [2.24, 2.45) is 0 Å². The first-order chi connectivity index (χ1) is 6.40. The number of benzene rings is 1. The molecule has 2 aromatic rings. The van der Waals surface area contributed by atoms with Crippen LogP contribution >= 0.6 is 8.46 Å². The third kappa shape index (κ3) is 1.65. The van der Waals surface area contributed by atoms with Crippen molar-refractivity contribution >= 4 is 14.0 Å². The molecule has 0 saturated heterocycles. The highest BCUT2D eigenvalue weighted by Gasteiger charge is 2.04. The summed E-state index contributed by atoms with van der Waals surface area (Å²) in [6.07, 6.45) is 0. The van der Waals surface area contributed by atoms with E-state index in [1.807, 2.05) is 30.3 Å². The summed E-state index contributed by atoms with van der Waals surface area (Å²) in [6, 6.07) is 11.3. The molecule has 0 unspecified atom stereocenters. The summed E-state index contributed by atoms with van der Waals surface area (Å²) < 4.78 is 15.2. The fourth-order valence-electron chi connectivity index (χ4n) is 1.05. The van der Waals surface area contributed by atoms with Gasteiger partial charge >= 0.3 is 0 Å². The molecule has 0 spiro atoms. The number of rotatable bonds is 2. The minimum Gasteiger partial charge on any atom is -0.348 e. The maximum absolute atomic E-state index is 10.4. The van der Waals surface area contributed by atoms with Crippen molar-refractivity contribution in [1.82, 2.24) is 5.16 Å². The lowest BCUT2D eigenvalue weighted by atomic mass is 10.2. The molecule has 64 valence electrons. The summed E-state index contributed by atoms with van der Waals surface area (Å²) in [7, 11) is -0.139. The highest BCUT2D eigenvalue weighted by Crippen LogP contribution is 2.16. The van der Waals surface area contributed by atoms with Crippen LogP contribution in [0, 0.1) is 0 Å². The summed E-state index contributed by atoms with van der Waals surface area (Å²) in [5.41, 5.74) is 2.01. The second-order valence-electron chi connectivity index (χ2n) is 2.51. The molecule has 13 heavy (non-hydrogen) atoms. The van der Waals surface area contributed by atoms with E-state index in [9.17, 15) is 4.57 Å². The zero-order valence-corrected chi connectivity index (χ0v) is 7.57. The van der Waals surface area contributed by atoms with Gasteiger partial charge in [0, 0.05) is 11.6 Å². The molecule has 0 N–H and O–H groups in total. The van der Waals surface area contributed by atoms with E-state index < -0.39 is 0 Å². The first-order valence-electron chi connectivity index (χ1n) is 3.75. The van der Waals surface area contributed by atoms with Crippen molar-refractivity contribution in [2.45, 2.75) is 0 Å². The molecule has 0 radical (unpaired) electrons. The molecular weight excluding hydrogens is 185 g/mol. The smallest absolute Gasteiger partial charge is 0.234 e. The number of hydrogen-bond acceptors (Lipinski definition) is 3. The monoisotopic (exact) mass is 191 g/mol. The molecule has 1 aromatic carbocycles. The minimum atomic E-state index is -0.139. The first-order valence-corrected chi connectivity index (χ1v) is 4.57. The minimum absolute atomic E-state index is 0.139. The largest absolute Gasteiger partial charge is 0.348 e. The van der Waals surface area contributed by atoms with E-state index in [1.54, 1.807) is 6.07 Å². The van der Waals surface area contributed by atoms with Crippen molar-refractivity contribution in [2.75, 3.05) is 0 Å². The van der Waals surface area contributed by atoms with Gasteiger partial charge in [0.05, 0.1) is 0 Å². The molecule has 0 fully saturated rings. The zero-order valence-electron chi connectivity index (χ0n) is 6.68. The van der Waals surface area contributed by atoms with Crippen molar-refractivity contribution in [1.29, 1.82) is 0 Å². The quantitative estimate of drug-likeness (QED) is 0.683. The molecule has 1 aromatic heterocycles. The standard InChI is InChI=1S/C9H6NO2P/c11-13-9-6-8(10-12-9)7-4-2-1-3-5-7/h1-6H. The van der Waals surface area contributed by atoms with Gasteiger partial charge in [-0.1, -0.05) is 35.5 Å². The van der Waals surface area contributed by atoms with E-state index in [0.717, 1.165) is 5.56 Å². The van der Waals surface area contributed by atoms with Crippen LogP contribution in [-0.2, 0) is 4.57 Å². The van der Waals surface area contributed by atoms with Crippen LogP contribution in [0.15, 0.2) is 40.9 Å². The Morgan fingerprint density at radius 1 is 1.23 bits per heavy atom. The predicted molar refractivity (Wildman–Crippen MR) is 49.2 cm³/mol. The summed E-state index contributed by atoms with van der Waals surface area (Å²) in [5, 5.41) is 3.78. The maximum Gasteiger partial charge on any atom is 0.234 e. The van der Waals surface area contributed by atoms with Gasteiger partial charge in [-0.15, -0.1) is 0 Å². The van der Waals surface area contributed by atoms with Gasteiger partial charge in [-0.25, -0.2) is 0 Å². The normalized spacial score (nSPS) is 10.5. The zero-order chi connectivity index (χ0) is 9.10. The Morgan fingerprint density at radius 3 is 2.62 bits per heavy atom. The molecule has 0 aliphatic heterocycles. The van der Waals surface area contributed by atoms with Gasteiger partial charge in [0.2, 0.25) is 14.0 Å². The number of nitrogens with zero attached hydrogens (tertiary/aromatic N) is 1. The topological polar surface area (TPSA) is 43.1 Å². The van der Waals surface area contributed by atoms with E-state index in [2.05, 4.69) is 5.16 Å². The third-order valence-electron chi connectivity index (χ3n) is 1.66. The second kappa shape index (κ2) is 3.50. The molecular formula is C9H6NO2P. The fraction of sp³-hybridized carbons (Fsp3) is 0. The Bertz CT molecular complexity index is 411. The molecule has 4 heteroatoms. The van der Waals surface area contributed by atoms with E-state index in [0.29, 0.717) is 11.2 Å². The van der Waals surface area contributed by atoms with E-state index in [4.69, 9.17) is 4.52 Å². The predicted octanol–water partition coefficient (Wildman–Crippen LogP) is 2.26. The summed E-state index contributed by atoms with van der Waals surface area (Å²) in [6.45, 7) is 0. The Kier molecular flexibility index (Phi) is 2.19. The molecule has 2 rings (SSSR count). The lowest BCUT2D eigenvalue weighted by Gasteiger charge is -1.90. The summed E-state index contributed by atoms with van der Waals surface area (Å²) >= 11 is 0. The lowest BCUT2D eigenvalue weighted by molar-refractivity contribution is 0.447. The number of aromatic nitrogens is 1. The first kappa shape index (κ1) is 8.14. The van der Waals surface area contributed by atoms with Gasteiger partial charge in [0.15, 0.2) is 0 Å². The van der Waals surface area contributed by atoms with Crippen molar-refractivity contribution in [3.05, 3.63) is 36.4 Å². The summed E-state index contributed by atoms with van der Waals surface area (Å²) in [5.74, 6) is 0. The Balaban J connectivity index is 2.41. The highest BCUT2D eigenvalue weighted by atomic mass is 31.1. The molecule has 3 nitrogen and oxygen atoms in total. The molecule has 0 amide bonds. The fourth-order valence-corrected chi connectivity index (χ4v) is 1.30. The molecule has 0 aliphatic carbocycles. The third-order valence-corrected chi connectivity index (χ3v) is 2.05. The molecule has 0 atom stereocenters. The average Bonchev–Trinajstić information content (AvgIpc) is 2.67. The molecule has 1 heterocycles. The van der Waals surface area contributed by atoms with E-state index >= 15 is 0 Å². The van der Waals surface area contributed by atoms with Gasteiger partial charge in [-0.2, -0.15) is 0 Å². The van der Waals surface area contributed by atoms with Crippen LogP contribution < -0.4 is 5.50 Å². The van der Waals surface area contributed by atoms with Crippen molar-refractivity contribution in [3.8, 4) is 11.3 Å². The Morgan fingerprint density at radius 2 is 2.00 bits per heavy atom. The van der Waals surface area contributed by atoms with Gasteiger partial charge in [-0.3, -0.25) is 4.57 Å². The Hall–Kier alpha value is -1.47. The van der Waals surface area contributed by atoms with Gasteiger partial charge < -0.3 is 4.52 Å². The van der Waals surface area contributed by atoms with Crippen LogP contribution in [0.2, 0.25) is 0 Å². The molecule has 0 bridgehead atoms. The SMILES string of the molecule is O=Pc1cc(-c2ccccc2)no1. The van der Waals surface area contributed by atoms with Gasteiger partial charge in [-0.05, 0) is 0 Å². The van der Waals surface area contributed by atoms with Crippen LogP contribution in [0.1, 0.15) is 0 Å². The average molecular weight is 191 g/mol. The molecule has 0 saturated carbocycles. The number of hydrogen-bond donors (Lipinski definition) is 0. The van der Waals surface area contributed by atoms with Gasteiger partial charge in [0.1, 0.15) is 5.69 Å². The van der Waals surface area contributed by atoms with Crippen LogP contribution in [0.3, 0.4) is 0 Å². The van der Waals surface area contributed by atoms with Crippen molar-refractivity contribution < 1.29 is 9.09 Å². The maximum atomic E-state index is 10.4. The molecule has 0 aliphatic rings. The Labute approximate surface area is 76.6 Å². The van der Waals surface area contributed by atoms with E-state index in [-0.39, 0.29) is 8.46 Å².